The van der Waals surface area contributed by atoms with Crippen LogP contribution in [-0.4, -0.2) is 4.89 Å². The van der Waals surface area contributed by atoms with E-state index in [9.17, 15) is 9.46 Å². The second-order valence-electron chi connectivity index (χ2n) is 9.43. The van der Waals surface area contributed by atoms with E-state index in [2.05, 4.69) is 24.3 Å². The van der Waals surface area contributed by atoms with E-state index in [-0.39, 0.29) is 5.75 Å². The molecule has 5 rings (SSSR count). The zero-order valence-corrected chi connectivity index (χ0v) is 22.7. The molecule has 0 heterocycles. The fraction of sp³-hybridized carbons (Fsp3) is 0.118. The summed E-state index contributed by atoms with van der Waals surface area (Å²) in [4.78, 5) is 11.0. The van der Waals surface area contributed by atoms with Crippen molar-refractivity contribution in [2.75, 3.05) is 0 Å². The largest absolute Gasteiger partial charge is 0.528 e. The first-order valence-electron chi connectivity index (χ1n) is 13.1. The smallest absolute Gasteiger partial charge is 0.404 e. The summed E-state index contributed by atoms with van der Waals surface area (Å²) in [6, 6.07) is 44.8. The third-order valence-electron chi connectivity index (χ3n) is 6.75. The van der Waals surface area contributed by atoms with Crippen LogP contribution in [0.5, 0.6) is 5.75 Å². The lowest BCUT2D eigenvalue weighted by Crippen LogP contribution is -2.31. The van der Waals surface area contributed by atoms with Crippen molar-refractivity contribution in [1.82, 2.24) is 0 Å². The first kappa shape index (κ1) is 26.6. The molecule has 5 aromatic rings. The molecular weight excluding hydrogens is 503 g/mol. The molecule has 0 aliphatic rings. The zero-order chi connectivity index (χ0) is 27.1. The number of rotatable bonds is 10. The molecule has 39 heavy (non-hydrogen) atoms. The van der Waals surface area contributed by atoms with E-state index >= 15 is 0 Å². The lowest BCUT2D eigenvalue weighted by Gasteiger charge is -2.36. The van der Waals surface area contributed by atoms with E-state index in [0.29, 0.717) is 12.8 Å². The van der Waals surface area contributed by atoms with Crippen molar-refractivity contribution in [3.8, 4) is 28.0 Å². The molecule has 0 aromatic heterocycles. The maximum absolute atomic E-state index is 13.5. The van der Waals surface area contributed by atoms with Crippen molar-refractivity contribution in [2.45, 2.75) is 25.4 Å². The van der Waals surface area contributed by atoms with Gasteiger partial charge in [0.1, 0.15) is 11.4 Å². The van der Waals surface area contributed by atoms with Crippen LogP contribution in [0, 0.1) is 0 Å². The topological polar surface area (TPSA) is 55.8 Å². The van der Waals surface area contributed by atoms with Gasteiger partial charge in [0.05, 0.1) is 0 Å². The Bertz CT molecular complexity index is 1440. The minimum absolute atomic E-state index is 0.271. The van der Waals surface area contributed by atoms with Gasteiger partial charge in [-0.2, -0.15) is 0 Å². The number of phosphoric ester groups is 1. The van der Waals surface area contributed by atoms with Gasteiger partial charge in [0.2, 0.25) is 0 Å². The molecule has 0 aliphatic carbocycles. The summed E-state index contributed by atoms with van der Waals surface area (Å²) in [5, 5.41) is 0. The maximum Gasteiger partial charge on any atom is 0.528 e. The van der Waals surface area contributed by atoms with Gasteiger partial charge in [-0.15, -0.1) is 0 Å². The van der Waals surface area contributed by atoms with Crippen LogP contribution in [-0.2, 0) is 14.7 Å². The Morgan fingerprint density at radius 2 is 0.974 bits per heavy atom. The second kappa shape index (κ2) is 11.8. The molecule has 196 valence electrons. The van der Waals surface area contributed by atoms with Gasteiger partial charge in [-0.05, 0) is 51.9 Å². The molecule has 5 heteroatoms. The lowest BCUT2D eigenvalue weighted by atomic mass is 9.81. The average molecular weight is 535 g/mol. The van der Waals surface area contributed by atoms with Crippen LogP contribution in [0.1, 0.15) is 30.9 Å². The van der Waals surface area contributed by atoms with Gasteiger partial charge in [-0.25, -0.2) is 4.57 Å². The number of benzene rings is 5. The van der Waals surface area contributed by atoms with E-state index in [1.807, 2.05) is 97.9 Å². The maximum atomic E-state index is 13.5. The quantitative estimate of drug-likeness (QED) is 0.181. The third-order valence-corrected chi connectivity index (χ3v) is 7.74. The summed E-state index contributed by atoms with van der Waals surface area (Å²) in [6.45, 7) is 2.04. The van der Waals surface area contributed by atoms with Crippen molar-refractivity contribution in [1.29, 1.82) is 0 Å². The highest BCUT2D eigenvalue weighted by molar-refractivity contribution is 7.47. The molecule has 0 saturated carbocycles. The van der Waals surface area contributed by atoms with Crippen molar-refractivity contribution in [2.24, 2.45) is 0 Å². The van der Waals surface area contributed by atoms with Gasteiger partial charge >= 0.3 is 7.82 Å². The molecule has 1 atom stereocenters. The number of para-hydroxylation sites is 1. The van der Waals surface area contributed by atoms with Crippen molar-refractivity contribution in [3.05, 3.63) is 151 Å². The van der Waals surface area contributed by atoms with E-state index in [0.717, 1.165) is 33.4 Å². The Morgan fingerprint density at radius 1 is 0.590 bits per heavy atom. The summed E-state index contributed by atoms with van der Waals surface area (Å²) in [5.74, 6) is 0.271. The predicted molar refractivity (Wildman–Crippen MR) is 157 cm³/mol. The van der Waals surface area contributed by atoms with Crippen LogP contribution < -0.4 is 4.52 Å². The summed E-state index contributed by atoms with van der Waals surface area (Å²) in [6.07, 6.45) is 1.19. The van der Waals surface area contributed by atoms with Crippen LogP contribution in [0.15, 0.2) is 140 Å². The highest BCUT2D eigenvalue weighted by Gasteiger charge is 2.43. The van der Waals surface area contributed by atoms with Gasteiger partial charge in [-0.3, -0.25) is 9.42 Å². The number of phosphoric acid groups is 1. The monoisotopic (exact) mass is 534 g/mol. The fourth-order valence-corrected chi connectivity index (χ4v) is 6.03. The SMILES string of the molecule is CCCC(OP(=O)(O)Oc1ccccc1)(c1ccc(-c2ccccc2)cc1)c1ccc(-c2ccccc2)cc1. The Morgan fingerprint density at radius 3 is 1.38 bits per heavy atom. The van der Waals surface area contributed by atoms with E-state index in [1.165, 1.54) is 0 Å². The van der Waals surface area contributed by atoms with Crippen LogP contribution >= 0.6 is 7.82 Å². The minimum atomic E-state index is -4.54. The van der Waals surface area contributed by atoms with E-state index in [1.54, 1.807) is 24.3 Å². The fourth-order valence-electron chi connectivity index (χ4n) is 4.91. The first-order valence-corrected chi connectivity index (χ1v) is 14.6. The standard InChI is InChI=1S/C34H31O4P/c1-2-26-34(38-39(35,36)37-33-16-10-5-11-17-33,31-22-18-29(19-23-31)27-12-6-3-7-13-27)32-24-20-30(21-25-32)28-14-8-4-9-15-28/h3-25H,2,26H2,1H3,(H,35,36). The van der Waals surface area contributed by atoms with Gasteiger partial charge in [0, 0.05) is 0 Å². The van der Waals surface area contributed by atoms with Gasteiger partial charge in [0.15, 0.2) is 0 Å². The highest BCUT2D eigenvalue weighted by Crippen LogP contribution is 2.54. The molecule has 0 aliphatic heterocycles. The molecule has 0 fully saturated rings. The molecule has 4 nitrogen and oxygen atoms in total. The van der Waals surface area contributed by atoms with Gasteiger partial charge in [-0.1, -0.05) is 141 Å². The molecule has 0 saturated heterocycles. The molecule has 1 N–H and O–H groups in total. The van der Waals surface area contributed by atoms with Gasteiger partial charge < -0.3 is 4.52 Å². The molecule has 0 amide bonds. The Hall–Kier alpha value is -3.95. The van der Waals surface area contributed by atoms with E-state index < -0.39 is 13.4 Å². The summed E-state index contributed by atoms with van der Waals surface area (Å²) >= 11 is 0. The van der Waals surface area contributed by atoms with Crippen molar-refractivity contribution < 1.29 is 18.5 Å². The lowest BCUT2D eigenvalue weighted by molar-refractivity contribution is 0.0601. The van der Waals surface area contributed by atoms with Crippen LogP contribution in [0.3, 0.4) is 0 Å². The number of hydrogen-bond acceptors (Lipinski definition) is 3. The van der Waals surface area contributed by atoms with Crippen molar-refractivity contribution in [3.63, 3.8) is 0 Å². The molecule has 0 radical (unpaired) electrons. The average Bonchev–Trinajstić information content (AvgIpc) is 2.98. The zero-order valence-electron chi connectivity index (χ0n) is 21.8. The second-order valence-corrected chi connectivity index (χ2v) is 10.7. The van der Waals surface area contributed by atoms with Crippen LogP contribution in [0.4, 0.5) is 0 Å². The third kappa shape index (κ3) is 6.21. The molecule has 1 unspecified atom stereocenters. The predicted octanol–water partition coefficient (Wildman–Crippen LogP) is 9.26. The molecule has 5 aromatic carbocycles. The Balaban J connectivity index is 1.58. The van der Waals surface area contributed by atoms with Gasteiger partial charge in [0.25, 0.3) is 0 Å². The summed E-state index contributed by atoms with van der Waals surface area (Å²) in [5.41, 5.74) is 4.65. The molecule has 0 spiro atoms. The number of hydrogen-bond donors (Lipinski definition) is 1. The normalized spacial score (nSPS) is 13.0. The minimum Gasteiger partial charge on any atom is -0.404 e. The Kier molecular flexibility index (Phi) is 8.09. The van der Waals surface area contributed by atoms with E-state index in [4.69, 9.17) is 9.05 Å². The van der Waals surface area contributed by atoms with Crippen molar-refractivity contribution >= 4 is 7.82 Å². The van der Waals surface area contributed by atoms with Crippen LogP contribution in [0.25, 0.3) is 22.3 Å². The summed E-state index contributed by atoms with van der Waals surface area (Å²) < 4.78 is 25.3. The summed E-state index contributed by atoms with van der Waals surface area (Å²) in [7, 11) is -4.54. The van der Waals surface area contributed by atoms with Crippen LogP contribution in [0.2, 0.25) is 0 Å². The first-order chi connectivity index (χ1) is 19.0. The Labute approximate surface area is 230 Å². The molecular formula is C34H31O4P. The highest BCUT2D eigenvalue weighted by atomic mass is 31.2. The molecule has 0 bridgehead atoms.